The predicted molar refractivity (Wildman–Crippen MR) is 151 cm³/mol. The van der Waals surface area contributed by atoms with Crippen molar-refractivity contribution in [2.24, 2.45) is 0 Å². The lowest BCUT2D eigenvalue weighted by molar-refractivity contribution is -0.142. The molecule has 2 heterocycles. The predicted octanol–water partition coefficient (Wildman–Crippen LogP) is 1.52. The summed E-state index contributed by atoms with van der Waals surface area (Å²) in [6, 6.07) is -0.708. The van der Waals surface area contributed by atoms with E-state index in [1.54, 1.807) is 6.29 Å². The molecule has 0 aromatic rings. The molecule has 13 heteroatoms. The summed E-state index contributed by atoms with van der Waals surface area (Å²) >= 11 is 1.89. The van der Waals surface area contributed by atoms with Gasteiger partial charge in [0.25, 0.3) is 0 Å². The van der Waals surface area contributed by atoms with Crippen LogP contribution in [0.15, 0.2) is 0 Å². The van der Waals surface area contributed by atoms with Gasteiger partial charge in [-0.2, -0.15) is 11.8 Å². The van der Waals surface area contributed by atoms with Gasteiger partial charge in [0, 0.05) is 49.8 Å². The number of amides is 5. The number of carbonyl (C=O) groups is 5. The van der Waals surface area contributed by atoms with Gasteiger partial charge in [-0.25, -0.2) is 9.59 Å². The highest BCUT2D eigenvalue weighted by atomic mass is 32.2. The first-order valence-electron chi connectivity index (χ1n) is 14.4. The van der Waals surface area contributed by atoms with Crippen LogP contribution in [0.5, 0.6) is 0 Å². The highest BCUT2D eigenvalue weighted by molar-refractivity contribution is 8.00. The second-order valence-electron chi connectivity index (χ2n) is 10.3. The first-order valence-corrected chi connectivity index (χ1v) is 15.4. The molecular formula is C27H44N5O7S. The van der Waals surface area contributed by atoms with Crippen LogP contribution in [0.4, 0.5) is 4.79 Å². The van der Waals surface area contributed by atoms with Gasteiger partial charge >= 0.3 is 12.0 Å². The minimum atomic E-state index is -1.17. The SMILES string of the molecule is O=[C]CC[C@H](NC(=O)CCCCCNC(=O)CCCCCNC(=O)CCCCC1SCC2NC(=O)NC21)C(=O)O. The molecule has 12 nitrogen and oxygen atoms in total. The molecule has 5 amide bonds. The van der Waals surface area contributed by atoms with Crippen molar-refractivity contribution in [1.29, 1.82) is 0 Å². The molecule has 0 aromatic carbocycles. The summed E-state index contributed by atoms with van der Waals surface area (Å²) in [6.45, 7) is 1.13. The molecule has 6 N–H and O–H groups in total. The van der Waals surface area contributed by atoms with E-state index in [0.717, 1.165) is 57.1 Å². The number of urea groups is 1. The van der Waals surface area contributed by atoms with Crippen LogP contribution < -0.4 is 26.6 Å². The Morgan fingerprint density at radius 2 is 1.48 bits per heavy atom. The Kier molecular flexibility index (Phi) is 16.1. The quantitative estimate of drug-likeness (QED) is 0.0820. The van der Waals surface area contributed by atoms with Gasteiger partial charge in [-0.05, 0) is 44.9 Å². The standard InChI is InChI=1S/C27H44N5O7S/c33-17-9-10-19(26(37)38)30-24(36)14-4-2-8-16-28-22(34)12-3-1-7-15-29-23(35)13-6-5-11-21-25-20(18-40-21)31-27(39)32-25/h19-21,25H,1-16,18H2,(H,28,34)(H,29,35)(H,30,36)(H,37,38)(H2,31,32,39)/t19-,20?,21?,25?/m0/s1. The number of thioether (sulfide) groups is 1. The van der Waals surface area contributed by atoms with E-state index in [-0.39, 0.29) is 55.1 Å². The molecule has 4 atom stereocenters. The molecular weight excluding hydrogens is 538 g/mol. The average Bonchev–Trinajstić information content (AvgIpc) is 3.47. The van der Waals surface area contributed by atoms with Gasteiger partial charge in [-0.15, -0.1) is 0 Å². The fourth-order valence-electron chi connectivity index (χ4n) is 4.81. The van der Waals surface area contributed by atoms with Crippen LogP contribution in [-0.2, 0) is 24.0 Å². The highest BCUT2D eigenvalue weighted by Gasteiger charge is 2.42. The third kappa shape index (κ3) is 13.5. The summed E-state index contributed by atoms with van der Waals surface area (Å²) in [5.41, 5.74) is 0. The zero-order valence-corrected chi connectivity index (χ0v) is 24.0. The van der Waals surface area contributed by atoms with Gasteiger partial charge < -0.3 is 31.7 Å². The Labute approximate surface area is 240 Å². The summed E-state index contributed by atoms with van der Waals surface area (Å²) in [7, 11) is 0. The van der Waals surface area contributed by atoms with Crippen molar-refractivity contribution >= 4 is 47.8 Å². The Morgan fingerprint density at radius 1 is 0.875 bits per heavy atom. The van der Waals surface area contributed by atoms with E-state index in [2.05, 4.69) is 26.6 Å². The number of rotatable bonds is 22. The van der Waals surface area contributed by atoms with E-state index in [1.807, 2.05) is 11.8 Å². The van der Waals surface area contributed by atoms with Crippen LogP contribution in [0.3, 0.4) is 0 Å². The van der Waals surface area contributed by atoms with Crippen LogP contribution in [0, 0.1) is 0 Å². The molecule has 2 saturated heterocycles. The van der Waals surface area contributed by atoms with Crippen LogP contribution in [0.2, 0.25) is 0 Å². The van der Waals surface area contributed by atoms with E-state index < -0.39 is 12.0 Å². The van der Waals surface area contributed by atoms with E-state index in [1.165, 1.54) is 0 Å². The number of nitrogens with one attached hydrogen (secondary N) is 5. The minimum absolute atomic E-state index is 0.0160. The molecule has 2 aliphatic rings. The van der Waals surface area contributed by atoms with Crippen molar-refractivity contribution in [1.82, 2.24) is 26.6 Å². The van der Waals surface area contributed by atoms with Crippen LogP contribution in [0.25, 0.3) is 0 Å². The number of unbranched alkanes of at least 4 members (excludes halogenated alkanes) is 5. The van der Waals surface area contributed by atoms with Gasteiger partial charge in [-0.1, -0.05) is 19.3 Å². The van der Waals surface area contributed by atoms with E-state index in [4.69, 9.17) is 5.11 Å². The summed E-state index contributed by atoms with van der Waals surface area (Å²) in [5.74, 6) is -0.550. The second kappa shape index (κ2) is 19.3. The summed E-state index contributed by atoms with van der Waals surface area (Å²) < 4.78 is 0. The van der Waals surface area contributed by atoms with Gasteiger partial charge in [0.05, 0.1) is 12.1 Å². The normalized spacial score (nSPS) is 20.1. The summed E-state index contributed by atoms with van der Waals surface area (Å²) in [4.78, 5) is 68.6. The number of hydrogen-bond acceptors (Lipinski definition) is 7. The molecule has 2 fully saturated rings. The molecule has 40 heavy (non-hydrogen) atoms. The Bertz CT molecular complexity index is 859. The fourth-order valence-corrected chi connectivity index (χ4v) is 6.35. The van der Waals surface area contributed by atoms with Crippen molar-refractivity contribution in [3.63, 3.8) is 0 Å². The Balaban J connectivity index is 1.36. The molecule has 0 aliphatic carbocycles. The van der Waals surface area contributed by atoms with E-state index in [9.17, 15) is 28.8 Å². The van der Waals surface area contributed by atoms with Gasteiger partial charge in [0.1, 0.15) is 6.04 Å². The molecule has 0 saturated carbocycles. The third-order valence-corrected chi connectivity index (χ3v) is 8.56. The van der Waals surface area contributed by atoms with Crippen LogP contribution >= 0.6 is 11.8 Å². The Morgan fingerprint density at radius 3 is 2.08 bits per heavy atom. The number of hydrogen-bond donors (Lipinski definition) is 6. The minimum Gasteiger partial charge on any atom is -0.480 e. The van der Waals surface area contributed by atoms with Crippen molar-refractivity contribution in [2.75, 3.05) is 18.8 Å². The lowest BCUT2D eigenvalue weighted by atomic mass is 10.0. The number of aliphatic carboxylic acids is 1. The maximum absolute atomic E-state index is 12.0. The van der Waals surface area contributed by atoms with Crippen LogP contribution in [0.1, 0.15) is 89.9 Å². The molecule has 0 bridgehead atoms. The average molecular weight is 583 g/mol. The number of carboxylic acids is 1. The smallest absolute Gasteiger partial charge is 0.326 e. The highest BCUT2D eigenvalue weighted by Crippen LogP contribution is 2.33. The zero-order chi connectivity index (χ0) is 29.2. The monoisotopic (exact) mass is 582 g/mol. The molecule has 1 radical (unpaired) electrons. The van der Waals surface area contributed by atoms with Crippen LogP contribution in [-0.4, -0.2) is 83.3 Å². The largest absolute Gasteiger partial charge is 0.480 e. The number of carbonyl (C=O) groups excluding carboxylic acids is 5. The summed E-state index contributed by atoms with van der Waals surface area (Å²) in [5, 5.41) is 23.6. The molecule has 225 valence electrons. The number of fused-ring (bicyclic) bond motifs is 1. The molecule has 3 unspecified atom stereocenters. The molecule has 2 aliphatic heterocycles. The molecule has 2 rings (SSSR count). The maximum atomic E-state index is 12.0. The third-order valence-electron chi connectivity index (χ3n) is 7.05. The fraction of sp³-hybridized carbons (Fsp3) is 0.778. The van der Waals surface area contributed by atoms with Crippen molar-refractivity contribution in [3.05, 3.63) is 0 Å². The van der Waals surface area contributed by atoms with E-state index >= 15 is 0 Å². The van der Waals surface area contributed by atoms with Gasteiger partial charge in [0.15, 0.2) is 6.29 Å². The molecule has 0 spiro atoms. The first-order chi connectivity index (χ1) is 19.3. The zero-order valence-electron chi connectivity index (χ0n) is 23.1. The topological polar surface area (TPSA) is 183 Å². The second-order valence-corrected chi connectivity index (χ2v) is 11.6. The van der Waals surface area contributed by atoms with E-state index in [0.29, 0.717) is 37.6 Å². The summed E-state index contributed by atoms with van der Waals surface area (Å²) in [6.07, 6.45) is 9.99. The van der Waals surface area contributed by atoms with Crippen molar-refractivity contribution < 1.29 is 33.9 Å². The van der Waals surface area contributed by atoms with Gasteiger partial charge in [-0.3, -0.25) is 19.2 Å². The number of carboxylic acid groups (broad SMARTS) is 1. The van der Waals surface area contributed by atoms with Crippen molar-refractivity contribution in [3.8, 4) is 0 Å². The van der Waals surface area contributed by atoms with Crippen molar-refractivity contribution in [2.45, 2.75) is 113 Å². The maximum Gasteiger partial charge on any atom is 0.326 e. The van der Waals surface area contributed by atoms with Gasteiger partial charge in [0.2, 0.25) is 17.7 Å². The lowest BCUT2D eigenvalue weighted by Crippen LogP contribution is -2.40. The lowest BCUT2D eigenvalue weighted by Gasteiger charge is -2.16. The molecule has 0 aromatic heterocycles. The first kappa shape index (κ1) is 33.4. The Hall–Kier alpha value is -2.83.